The second-order valence-electron chi connectivity index (χ2n) is 8.96. The average Bonchev–Trinajstić information content (AvgIpc) is 3.36. The molecular formula is C27H23F2N5O4. The van der Waals surface area contributed by atoms with Crippen molar-refractivity contribution in [2.24, 2.45) is 0 Å². The molecule has 0 saturated carbocycles. The lowest BCUT2D eigenvalue weighted by molar-refractivity contribution is 0.102. The Balaban J connectivity index is 1.45. The lowest BCUT2D eigenvalue weighted by atomic mass is 10.2. The number of hydrogen-bond acceptors (Lipinski definition) is 6. The molecule has 0 aliphatic carbocycles. The van der Waals surface area contributed by atoms with Crippen molar-refractivity contribution in [3.8, 4) is 17.2 Å². The number of pyridine rings is 1. The van der Waals surface area contributed by atoms with Crippen molar-refractivity contribution in [1.29, 1.82) is 0 Å². The highest BCUT2D eigenvalue weighted by molar-refractivity contribution is 6.03. The summed E-state index contributed by atoms with van der Waals surface area (Å²) >= 11 is 0. The maximum absolute atomic E-state index is 14.9. The van der Waals surface area contributed by atoms with E-state index in [4.69, 9.17) is 4.74 Å². The number of nitrogens with zero attached hydrogens (tertiary/aromatic N) is 3. The van der Waals surface area contributed by atoms with E-state index >= 15 is 0 Å². The zero-order valence-corrected chi connectivity index (χ0v) is 20.5. The first kappa shape index (κ1) is 24.9. The number of rotatable bonds is 6. The van der Waals surface area contributed by atoms with Gasteiger partial charge in [-0.15, -0.1) is 0 Å². The maximum Gasteiger partial charge on any atom is 0.335 e. The molecule has 38 heavy (non-hydrogen) atoms. The molecular weight excluding hydrogens is 496 g/mol. The van der Waals surface area contributed by atoms with E-state index in [-0.39, 0.29) is 28.7 Å². The molecule has 2 aromatic carbocycles. The van der Waals surface area contributed by atoms with E-state index in [0.717, 1.165) is 34.5 Å². The second kappa shape index (κ2) is 9.92. The van der Waals surface area contributed by atoms with Crippen molar-refractivity contribution in [2.75, 3.05) is 17.2 Å². The first-order valence-electron chi connectivity index (χ1n) is 11.9. The normalized spacial score (nSPS) is 12.2. The molecule has 0 unspecified atom stereocenters. The summed E-state index contributed by atoms with van der Waals surface area (Å²) in [4.78, 5) is 43.5. The Morgan fingerprint density at radius 3 is 2.55 bits per heavy atom. The number of carbonyl (C=O) groups excluding carboxylic acids is 1. The molecule has 0 bridgehead atoms. The van der Waals surface area contributed by atoms with E-state index < -0.39 is 28.8 Å². The summed E-state index contributed by atoms with van der Waals surface area (Å²) in [7, 11) is 0. The second-order valence-corrected chi connectivity index (χ2v) is 8.96. The van der Waals surface area contributed by atoms with Crippen LogP contribution in [0.25, 0.3) is 5.69 Å². The van der Waals surface area contributed by atoms with Crippen LogP contribution in [0.4, 0.5) is 20.3 Å². The number of benzene rings is 2. The molecule has 0 spiro atoms. The Morgan fingerprint density at radius 1 is 1.08 bits per heavy atom. The molecule has 0 fully saturated rings. The minimum Gasteiger partial charge on any atom is -0.454 e. The number of aromatic nitrogens is 3. The van der Waals surface area contributed by atoms with Gasteiger partial charge in [-0.2, -0.15) is 0 Å². The first-order chi connectivity index (χ1) is 18.2. The van der Waals surface area contributed by atoms with Gasteiger partial charge < -0.3 is 15.4 Å². The standard InChI is InChI=1S/C27H23F2N5O4/c1-15(2)33-14-20(26(36)34(27(33)37)18-6-3-16(28)4-7-18)25(35)32-17-5-8-23(21(29)13-17)38-22-10-12-31-24-19(22)9-11-30-24/h3-8,10,12-15H,9,11H2,1-2H3,(H,30,31)(H,32,35). The van der Waals surface area contributed by atoms with Gasteiger partial charge in [0.15, 0.2) is 11.6 Å². The van der Waals surface area contributed by atoms with Crippen LogP contribution in [0.15, 0.2) is 70.5 Å². The van der Waals surface area contributed by atoms with Crippen LogP contribution >= 0.6 is 0 Å². The van der Waals surface area contributed by atoms with Crippen LogP contribution in [0.5, 0.6) is 11.5 Å². The number of amides is 1. The summed E-state index contributed by atoms with van der Waals surface area (Å²) in [6.07, 6.45) is 3.42. The Morgan fingerprint density at radius 2 is 1.84 bits per heavy atom. The summed E-state index contributed by atoms with van der Waals surface area (Å²) in [5.41, 5.74) is -0.882. The minimum atomic E-state index is -0.892. The summed E-state index contributed by atoms with van der Waals surface area (Å²) in [5.74, 6) is -0.981. The third kappa shape index (κ3) is 4.65. The van der Waals surface area contributed by atoms with Gasteiger partial charge in [0, 0.05) is 42.3 Å². The van der Waals surface area contributed by atoms with Crippen LogP contribution in [-0.2, 0) is 6.42 Å². The summed E-state index contributed by atoms with van der Waals surface area (Å²) in [6, 6.07) is 9.90. The Hall–Kier alpha value is -4.80. The molecule has 5 rings (SSSR count). The lowest BCUT2D eigenvalue weighted by Gasteiger charge is -2.16. The number of carbonyl (C=O) groups is 1. The van der Waals surface area contributed by atoms with Crippen molar-refractivity contribution >= 4 is 17.4 Å². The largest absolute Gasteiger partial charge is 0.454 e. The summed E-state index contributed by atoms with van der Waals surface area (Å²) in [5, 5.41) is 5.63. The fourth-order valence-corrected chi connectivity index (χ4v) is 4.16. The molecule has 3 heterocycles. The summed E-state index contributed by atoms with van der Waals surface area (Å²) in [6.45, 7) is 4.14. The molecule has 1 amide bonds. The number of anilines is 2. The van der Waals surface area contributed by atoms with Gasteiger partial charge in [-0.05, 0) is 62.7 Å². The van der Waals surface area contributed by atoms with E-state index in [0.29, 0.717) is 24.5 Å². The van der Waals surface area contributed by atoms with Crippen LogP contribution < -0.4 is 26.6 Å². The zero-order chi connectivity index (χ0) is 27.0. The number of ether oxygens (including phenoxy) is 1. The molecule has 1 aliphatic heterocycles. The maximum atomic E-state index is 14.9. The molecule has 4 aromatic rings. The Bertz CT molecular complexity index is 1660. The lowest BCUT2D eigenvalue weighted by Crippen LogP contribution is -2.42. The molecule has 2 aromatic heterocycles. The van der Waals surface area contributed by atoms with Crippen LogP contribution in [0.2, 0.25) is 0 Å². The van der Waals surface area contributed by atoms with Crippen LogP contribution in [0, 0.1) is 11.6 Å². The number of fused-ring (bicyclic) bond motifs is 1. The smallest absolute Gasteiger partial charge is 0.335 e. The van der Waals surface area contributed by atoms with Gasteiger partial charge in [0.2, 0.25) is 0 Å². The molecule has 2 N–H and O–H groups in total. The highest BCUT2D eigenvalue weighted by Crippen LogP contribution is 2.34. The van der Waals surface area contributed by atoms with Crippen LogP contribution in [-0.4, -0.2) is 26.6 Å². The van der Waals surface area contributed by atoms with Gasteiger partial charge in [0.25, 0.3) is 11.5 Å². The highest BCUT2D eigenvalue weighted by atomic mass is 19.1. The molecule has 9 nitrogen and oxygen atoms in total. The Kier molecular flexibility index (Phi) is 6.50. The molecule has 1 aliphatic rings. The topological polar surface area (TPSA) is 107 Å². The number of hydrogen-bond donors (Lipinski definition) is 2. The minimum absolute atomic E-state index is 0.0460. The van der Waals surface area contributed by atoms with Gasteiger partial charge in [0.1, 0.15) is 22.9 Å². The fourth-order valence-electron chi connectivity index (χ4n) is 4.16. The third-order valence-corrected chi connectivity index (χ3v) is 6.09. The average molecular weight is 520 g/mol. The molecule has 0 radical (unpaired) electrons. The van der Waals surface area contributed by atoms with Gasteiger partial charge >= 0.3 is 5.69 Å². The van der Waals surface area contributed by atoms with Gasteiger partial charge in [0.05, 0.1) is 5.69 Å². The van der Waals surface area contributed by atoms with Crippen molar-refractivity contribution in [1.82, 2.24) is 14.1 Å². The number of halogens is 2. The van der Waals surface area contributed by atoms with E-state index in [9.17, 15) is 23.2 Å². The quantitative estimate of drug-likeness (QED) is 0.394. The van der Waals surface area contributed by atoms with Gasteiger partial charge in [-0.1, -0.05) is 0 Å². The van der Waals surface area contributed by atoms with Crippen molar-refractivity contribution in [2.45, 2.75) is 26.3 Å². The highest BCUT2D eigenvalue weighted by Gasteiger charge is 2.21. The third-order valence-electron chi connectivity index (χ3n) is 6.09. The monoisotopic (exact) mass is 519 g/mol. The van der Waals surface area contributed by atoms with Crippen LogP contribution in [0.3, 0.4) is 0 Å². The summed E-state index contributed by atoms with van der Waals surface area (Å²) < 4.78 is 36.1. The SMILES string of the molecule is CC(C)n1cc(C(=O)Nc2ccc(Oc3ccnc4c3CCN4)c(F)c2)c(=O)n(-c2ccc(F)cc2)c1=O. The van der Waals surface area contributed by atoms with E-state index in [1.807, 2.05) is 0 Å². The van der Waals surface area contributed by atoms with E-state index in [1.165, 1.54) is 28.8 Å². The van der Waals surface area contributed by atoms with Crippen LogP contribution in [0.1, 0.15) is 35.8 Å². The number of nitrogens with one attached hydrogen (secondary N) is 2. The van der Waals surface area contributed by atoms with Gasteiger partial charge in [-0.25, -0.2) is 23.1 Å². The molecule has 0 saturated heterocycles. The van der Waals surface area contributed by atoms with Crippen molar-refractivity contribution in [3.63, 3.8) is 0 Å². The van der Waals surface area contributed by atoms with Crippen molar-refractivity contribution < 1.29 is 18.3 Å². The molecule has 0 atom stereocenters. The van der Waals surface area contributed by atoms with Crippen molar-refractivity contribution in [3.05, 3.63) is 105 Å². The fraction of sp³-hybridized carbons (Fsp3) is 0.185. The van der Waals surface area contributed by atoms with E-state index in [1.54, 1.807) is 26.1 Å². The molecule has 11 heteroatoms. The predicted octanol–water partition coefficient (Wildman–Crippen LogP) is 4.27. The zero-order valence-electron chi connectivity index (χ0n) is 20.5. The predicted molar refractivity (Wildman–Crippen MR) is 137 cm³/mol. The first-order valence-corrected chi connectivity index (χ1v) is 11.9. The van der Waals surface area contributed by atoms with Gasteiger partial charge in [-0.3, -0.25) is 14.2 Å². The van der Waals surface area contributed by atoms with E-state index in [2.05, 4.69) is 15.6 Å². The Labute approximate surface area is 215 Å². The molecule has 194 valence electrons.